The molecular weight excluding hydrogens is 271 g/mol. The zero-order valence-electron chi connectivity index (χ0n) is 10.0. The van der Waals surface area contributed by atoms with Crippen molar-refractivity contribution in [2.24, 2.45) is 5.92 Å². The number of piperidine rings is 1. The molecule has 0 aliphatic carbocycles. The number of hydrogen-bond donors (Lipinski definition) is 2. The molecule has 98 valence electrons. The Kier molecular flexibility index (Phi) is 4.87. The second kappa shape index (κ2) is 6.41. The maximum atomic E-state index is 11.9. The lowest BCUT2D eigenvalue weighted by Gasteiger charge is -2.21. The Labute approximate surface area is 117 Å². The third-order valence-corrected chi connectivity index (χ3v) is 3.90. The minimum Gasteiger partial charge on any atom is -0.352 e. The first-order valence-electron chi connectivity index (χ1n) is 6.09. The highest BCUT2D eigenvalue weighted by Crippen LogP contribution is 2.22. The quantitative estimate of drug-likeness (QED) is 0.897. The first-order valence-corrected chi connectivity index (χ1v) is 6.85. The van der Waals surface area contributed by atoms with E-state index in [-0.39, 0.29) is 11.8 Å². The third-order valence-electron chi connectivity index (χ3n) is 3.16. The Hall–Kier alpha value is -0.770. The number of carbonyl (C=O) groups excluding carboxylic acids is 1. The second-order valence-electron chi connectivity index (χ2n) is 4.49. The fourth-order valence-corrected chi connectivity index (χ4v) is 2.39. The van der Waals surface area contributed by atoms with E-state index in [1.165, 1.54) is 0 Å². The van der Waals surface area contributed by atoms with Crippen LogP contribution in [-0.2, 0) is 11.3 Å². The number of nitrogens with one attached hydrogen (secondary N) is 2. The van der Waals surface area contributed by atoms with Crippen LogP contribution in [0.15, 0.2) is 18.2 Å². The van der Waals surface area contributed by atoms with Crippen molar-refractivity contribution in [3.8, 4) is 0 Å². The van der Waals surface area contributed by atoms with Gasteiger partial charge in [-0.3, -0.25) is 4.79 Å². The van der Waals surface area contributed by atoms with Crippen molar-refractivity contribution in [3.05, 3.63) is 33.8 Å². The molecule has 1 fully saturated rings. The van der Waals surface area contributed by atoms with Crippen molar-refractivity contribution >= 4 is 29.1 Å². The predicted molar refractivity (Wildman–Crippen MR) is 73.9 cm³/mol. The fraction of sp³-hybridized carbons (Fsp3) is 0.462. The topological polar surface area (TPSA) is 41.1 Å². The van der Waals surface area contributed by atoms with E-state index >= 15 is 0 Å². The highest BCUT2D eigenvalue weighted by atomic mass is 35.5. The Balaban J connectivity index is 1.86. The minimum absolute atomic E-state index is 0.127. The number of benzene rings is 1. The van der Waals surface area contributed by atoms with Gasteiger partial charge in [0.05, 0.1) is 10.0 Å². The van der Waals surface area contributed by atoms with Gasteiger partial charge >= 0.3 is 0 Å². The van der Waals surface area contributed by atoms with E-state index < -0.39 is 0 Å². The molecule has 1 aromatic rings. The molecule has 1 heterocycles. The Morgan fingerprint density at radius 2 is 2.00 bits per heavy atom. The molecular formula is C13H16Cl2N2O. The molecule has 1 aromatic carbocycles. The van der Waals surface area contributed by atoms with Crippen LogP contribution in [0.1, 0.15) is 18.4 Å². The molecule has 0 aromatic heterocycles. The van der Waals surface area contributed by atoms with Gasteiger partial charge in [0, 0.05) is 12.5 Å². The number of amides is 1. The monoisotopic (exact) mass is 286 g/mol. The average Bonchev–Trinajstić information content (AvgIpc) is 2.41. The van der Waals surface area contributed by atoms with E-state index in [0.717, 1.165) is 31.5 Å². The van der Waals surface area contributed by atoms with Crippen molar-refractivity contribution < 1.29 is 4.79 Å². The van der Waals surface area contributed by atoms with Gasteiger partial charge in [-0.25, -0.2) is 0 Å². The highest BCUT2D eigenvalue weighted by molar-refractivity contribution is 6.42. The van der Waals surface area contributed by atoms with E-state index in [2.05, 4.69) is 10.6 Å². The lowest BCUT2D eigenvalue weighted by Crippen LogP contribution is -2.37. The fourth-order valence-electron chi connectivity index (χ4n) is 2.07. The van der Waals surface area contributed by atoms with Crippen LogP contribution in [0.4, 0.5) is 0 Å². The predicted octanol–water partition coefficient (Wildman–Crippen LogP) is 2.61. The zero-order valence-corrected chi connectivity index (χ0v) is 11.5. The van der Waals surface area contributed by atoms with Crippen molar-refractivity contribution in [3.63, 3.8) is 0 Å². The first-order chi connectivity index (χ1) is 8.66. The molecule has 1 aliphatic rings. The molecule has 3 nitrogen and oxygen atoms in total. The lowest BCUT2D eigenvalue weighted by molar-refractivity contribution is -0.125. The zero-order chi connectivity index (χ0) is 13.0. The molecule has 1 amide bonds. The van der Waals surface area contributed by atoms with Crippen LogP contribution in [0.5, 0.6) is 0 Å². The van der Waals surface area contributed by atoms with Crippen LogP contribution < -0.4 is 10.6 Å². The van der Waals surface area contributed by atoms with Crippen molar-refractivity contribution in [2.45, 2.75) is 19.4 Å². The van der Waals surface area contributed by atoms with E-state index in [1.54, 1.807) is 12.1 Å². The molecule has 0 bridgehead atoms. The maximum absolute atomic E-state index is 11.9. The smallest absolute Gasteiger partial charge is 0.223 e. The van der Waals surface area contributed by atoms with Crippen LogP contribution in [0.2, 0.25) is 10.0 Å². The summed E-state index contributed by atoms with van der Waals surface area (Å²) in [5, 5.41) is 7.24. The van der Waals surface area contributed by atoms with E-state index in [1.807, 2.05) is 6.07 Å². The largest absolute Gasteiger partial charge is 0.352 e. The molecule has 5 heteroatoms. The molecule has 2 rings (SSSR count). The third kappa shape index (κ3) is 3.61. The average molecular weight is 287 g/mol. The molecule has 18 heavy (non-hydrogen) atoms. The molecule has 2 N–H and O–H groups in total. The standard InChI is InChI=1S/C13H16Cl2N2O/c14-11-2-1-9(7-12(11)15)8-17-13(18)10-3-5-16-6-4-10/h1-2,7,10,16H,3-6,8H2,(H,17,18). The maximum Gasteiger partial charge on any atom is 0.223 e. The van der Waals surface area contributed by atoms with Gasteiger partial charge < -0.3 is 10.6 Å². The van der Waals surface area contributed by atoms with Gasteiger partial charge in [-0.15, -0.1) is 0 Å². The van der Waals surface area contributed by atoms with E-state index in [9.17, 15) is 4.79 Å². The van der Waals surface area contributed by atoms with Gasteiger partial charge in [-0.05, 0) is 43.6 Å². The summed E-state index contributed by atoms with van der Waals surface area (Å²) in [5.74, 6) is 0.261. The van der Waals surface area contributed by atoms with Gasteiger partial charge in [-0.2, -0.15) is 0 Å². The van der Waals surface area contributed by atoms with Crippen LogP contribution >= 0.6 is 23.2 Å². The van der Waals surface area contributed by atoms with Gasteiger partial charge in [0.2, 0.25) is 5.91 Å². The molecule has 0 spiro atoms. The Morgan fingerprint density at radius 1 is 1.28 bits per heavy atom. The molecule has 0 unspecified atom stereocenters. The minimum atomic E-state index is 0.127. The van der Waals surface area contributed by atoms with Crippen LogP contribution in [0.3, 0.4) is 0 Å². The lowest BCUT2D eigenvalue weighted by atomic mass is 9.97. The summed E-state index contributed by atoms with van der Waals surface area (Å²) in [6, 6.07) is 5.40. The molecule has 1 aliphatic heterocycles. The summed E-state index contributed by atoms with van der Waals surface area (Å²) >= 11 is 11.8. The van der Waals surface area contributed by atoms with Crippen LogP contribution in [0.25, 0.3) is 0 Å². The summed E-state index contributed by atoms with van der Waals surface area (Å²) in [6.07, 6.45) is 1.82. The molecule has 0 atom stereocenters. The highest BCUT2D eigenvalue weighted by Gasteiger charge is 2.20. The van der Waals surface area contributed by atoms with Crippen molar-refractivity contribution in [2.75, 3.05) is 13.1 Å². The number of carbonyl (C=O) groups is 1. The summed E-state index contributed by atoms with van der Waals surface area (Å²) in [4.78, 5) is 11.9. The first kappa shape index (κ1) is 13.7. The van der Waals surface area contributed by atoms with Gasteiger partial charge in [0.25, 0.3) is 0 Å². The summed E-state index contributed by atoms with van der Waals surface area (Å²) < 4.78 is 0. The normalized spacial score (nSPS) is 16.6. The summed E-state index contributed by atoms with van der Waals surface area (Å²) in [7, 11) is 0. The number of hydrogen-bond acceptors (Lipinski definition) is 2. The second-order valence-corrected chi connectivity index (χ2v) is 5.30. The summed E-state index contributed by atoms with van der Waals surface area (Å²) in [6.45, 7) is 2.34. The Morgan fingerprint density at radius 3 is 2.67 bits per heavy atom. The van der Waals surface area contributed by atoms with E-state index in [0.29, 0.717) is 16.6 Å². The van der Waals surface area contributed by atoms with Crippen LogP contribution in [-0.4, -0.2) is 19.0 Å². The van der Waals surface area contributed by atoms with Crippen LogP contribution in [0, 0.1) is 5.92 Å². The van der Waals surface area contributed by atoms with Crippen molar-refractivity contribution in [1.82, 2.24) is 10.6 Å². The number of halogens is 2. The SMILES string of the molecule is O=C(NCc1ccc(Cl)c(Cl)c1)C1CCNCC1. The van der Waals surface area contributed by atoms with E-state index in [4.69, 9.17) is 23.2 Å². The van der Waals surface area contributed by atoms with Gasteiger partial charge in [0.15, 0.2) is 0 Å². The van der Waals surface area contributed by atoms with Gasteiger partial charge in [-0.1, -0.05) is 29.3 Å². The Bertz CT molecular complexity index is 431. The molecule has 0 saturated carbocycles. The van der Waals surface area contributed by atoms with Crippen molar-refractivity contribution in [1.29, 1.82) is 0 Å². The summed E-state index contributed by atoms with van der Waals surface area (Å²) in [5.41, 5.74) is 0.965. The molecule has 0 radical (unpaired) electrons. The number of rotatable bonds is 3. The van der Waals surface area contributed by atoms with Gasteiger partial charge in [0.1, 0.15) is 0 Å². The molecule has 1 saturated heterocycles.